The van der Waals surface area contributed by atoms with Crippen LogP contribution < -0.4 is 0 Å². The lowest BCUT2D eigenvalue weighted by Crippen LogP contribution is -2.39. The molecule has 0 radical (unpaired) electrons. The Hall–Kier alpha value is -2.18. The van der Waals surface area contributed by atoms with Gasteiger partial charge in [-0.3, -0.25) is 9.69 Å². The van der Waals surface area contributed by atoms with E-state index in [1.165, 1.54) is 0 Å². The van der Waals surface area contributed by atoms with Crippen molar-refractivity contribution in [1.29, 1.82) is 0 Å². The van der Waals surface area contributed by atoms with Gasteiger partial charge in [-0.15, -0.1) is 0 Å². The SMILES string of the molecule is O=C(O)CN(CC(F)F)C(=O)OCc1ccccc1. The zero-order valence-corrected chi connectivity index (χ0v) is 9.96. The van der Waals surface area contributed by atoms with Gasteiger partial charge in [-0.25, -0.2) is 13.6 Å². The molecule has 0 bridgehead atoms. The largest absolute Gasteiger partial charge is 0.480 e. The number of benzene rings is 1. The van der Waals surface area contributed by atoms with E-state index in [0.717, 1.165) is 0 Å². The summed E-state index contributed by atoms with van der Waals surface area (Å²) in [6.45, 7) is -1.89. The molecular weight excluding hydrogens is 260 g/mol. The topological polar surface area (TPSA) is 66.8 Å². The molecule has 0 aromatic heterocycles. The lowest BCUT2D eigenvalue weighted by atomic mass is 10.2. The van der Waals surface area contributed by atoms with Crippen molar-refractivity contribution in [3.05, 3.63) is 35.9 Å². The number of aliphatic carboxylic acids is 1. The summed E-state index contributed by atoms with van der Waals surface area (Å²) in [7, 11) is 0. The summed E-state index contributed by atoms with van der Waals surface area (Å²) in [5.74, 6) is -1.38. The predicted octanol–water partition coefficient (Wildman–Crippen LogP) is 1.97. The lowest BCUT2D eigenvalue weighted by molar-refractivity contribution is -0.138. The monoisotopic (exact) mass is 273 g/mol. The van der Waals surface area contributed by atoms with Crippen molar-refractivity contribution in [1.82, 2.24) is 4.90 Å². The number of rotatable bonds is 6. The first-order chi connectivity index (χ1) is 8.99. The number of alkyl halides is 2. The van der Waals surface area contributed by atoms with Gasteiger partial charge in [0, 0.05) is 0 Å². The average molecular weight is 273 g/mol. The second kappa shape index (κ2) is 7.30. The number of carboxylic acids is 1. The van der Waals surface area contributed by atoms with Crippen LogP contribution >= 0.6 is 0 Å². The van der Waals surface area contributed by atoms with Crippen LogP contribution in [0.1, 0.15) is 5.56 Å². The molecule has 0 atom stereocenters. The Morgan fingerprint density at radius 1 is 1.26 bits per heavy atom. The minimum atomic E-state index is -2.82. The van der Waals surface area contributed by atoms with E-state index in [1.54, 1.807) is 30.3 Å². The highest BCUT2D eigenvalue weighted by Gasteiger charge is 2.22. The van der Waals surface area contributed by atoms with Crippen LogP contribution in [0.15, 0.2) is 30.3 Å². The molecule has 0 heterocycles. The predicted molar refractivity (Wildman–Crippen MR) is 61.8 cm³/mol. The summed E-state index contributed by atoms with van der Waals surface area (Å²) < 4.78 is 29.2. The molecule has 104 valence electrons. The van der Waals surface area contributed by atoms with Gasteiger partial charge in [0.05, 0.1) is 6.54 Å². The van der Waals surface area contributed by atoms with Crippen molar-refractivity contribution >= 4 is 12.1 Å². The first-order valence-corrected chi connectivity index (χ1v) is 5.44. The molecule has 7 heteroatoms. The van der Waals surface area contributed by atoms with E-state index in [-0.39, 0.29) is 6.61 Å². The number of carboxylic acid groups (broad SMARTS) is 1. The molecule has 0 aliphatic carbocycles. The van der Waals surface area contributed by atoms with E-state index in [4.69, 9.17) is 9.84 Å². The second-order valence-electron chi connectivity index (χ2n) is 3.71. The zero-order chi connectivity index (χ0) is 14.3. The normalized spacial score (nSPS) is 10.3. The van der Waals surface area contributed by atoms with Crippen LogP contribution in [0.3, 0.4) is 0 Å². The maximum atomic E-state index is 12.2. The molecule has 0 unspecified atom stereocenters. The molecule has 0 fully saturated rings. The molecule has 0 saturated heterocycles. The van der Waals surface area contributed by atoms with Crippen LogP contribution in [0.25, 0.3) is 0 Å². The third-order valence-corrected chi connectivity index (χ3v) is 2.15. The Balaban J connectivity index is 2.54. The van der Waals surface area contributed by atoms with Crippen molar-refractivity contribution in [2.75, 3.05) is 13.1 Å². The van der Waals surface area contributed by atoms with E-state index in [9.17, 15) is 18.4 Å². The highest BCUT2D eigenvalue weighted by Crippen LogP contribution is 2.05. The molecule has 5 nitrogen and oxygen atoms in total. The van der Waals surface area contributed by atoms with Crippen LogP contribution in [0.2, 0.25) is 0 Å². The summed E-state index contributed by atoms with van der Waals surface area (Å²) in [6, 6.07) is 8.64. The summed E-state index contributed by atoms with van der Waals surface area (Å²) in [4.78, 5) is 22.4. The van der Waals surface area contributed by atoms with Gasteiger partial charge in [-0.1, -0.05) is 30.3 Å². The average Bonchev–Trinajstić information content (AvgIpc) is 2.35. The number of amides is 1. The first kappa shape index (κ1) is 14.9. The van der Waals surface area contributed by atoms with Crippen molar-refractivity contribution in [3.8, 4) is 0 Å². The van der Waals surface area contributed by atoms with Gasteiger partial charge < -0.3 is 9.84 Å². The Kier molecular flexibility index (Phi) is 5.72. The fourth-order valence-electron chi connectivity index (χ4n) is 1.34. The van der Waals surface area contributed by atoms with Gasteiger partial charge in [-0.2, -0.15) is 0 Å². The third-order valence-electron chi connectivity index (χ3n) is 2.15. The number of hydrogen-bond acceptors (Lipinski definition) is 3. The van der Waals surface area contributed by atoms with E-state index < -0.39 is 31.6 Å². The van der Waals surface area contributed by atoms with Crippen LogP contribution in [0, 0.1) is 0 Å². The molecule has 0 aliphatic heterocycles. The summed E-state index contributed by atoms with van der Waals surface area (Å²) in [6.07, 6.45) is -3.89. The Morgan fingerprint density at radius 3 is 2.42 bits per heavy atom. The number of halogens is 2. The first-order valence-electron chi connectivity index (χ1n) is 5.44. The minimum Gasteiger partial charge on any atom is -0.480 e. The Labute approximate surface area is 108 Å². The van der Waals surface area contributed by atoms with Crippen molar-refractivity contribution in [3.63, 3.8) is 0 Å². The molecule has 1 N–H and O–H groups in total. The molecule has 1 aromatic carbocycles. The van der Waals surface area contributed by atoms with Crippen molar-refractivity contribution < 1.29 is 28.2 Å². The Bertz CT molecular complexity index is 425. The van der Waals surface area contributed by atoms with Crippen LogP contribution in [0.4, 0.5) is 13.6 Å². The molecule has 1 aromatic rings. The lowest BCUT2D eigenvalue weighted by Gasteiger charge is -2.19. The highest BCUT2D eigenvalue weighted by molar-refractivity contribution is 5.76. The number of carbonyl (C=O) groups is 2. The number of nitrogens with zero attached hydrogens (tertiary/aromatic N) is 1. The van der Waals surface area contributed by atoms with Gasteiger partial charge in [0.2, 0.25) is 0 Å². The molecule has 19 heavy (non-hydrogen) atoms. The number of ether oxygens (including phenoxy) is 1. The number of carbonyl (C=O) groups excluding carboxylic acids is 1. The molecule has 1 rings (SSSR count). The quantitative estimate of drug-likeness (QED) is 0.860. The van der Waals surface area contributed by atoms with Gasteiger partial charge in [-0.05, 0) is 5.56 Å². The summed E-state index contributed by atoms with van der Waals surface area (Å²) in [5, 5.41) is 8.54. The van der Waals surface area contributed by atoms with E-state index in [2.05, 4.69) is 0 Å². The number of hydrogen-bond donors (Lipinski definition) is 1. The minimum absolute atomic E-state index is 0.0982. The fraction of sp³-hybridized carbons (Fsp3) is 0.333. The maximum absolute atomic E-state index is 12.2. The van der Waals surface area contributed by atoms with Crippen molar-refractivity contribution in [2.24, 2.45) is 0 Å². The van der Waals surface area contributed by atoms with Crippen LogP contribution in [0.5, 0.6) is 0 Å². The van der Waals surface area contributed by atoms with Crippen LogP contribution in [-0.4, -0.2) is 41.6 Å². The summed E-state index contributed by atoms with van der Waals surface area (Å²) in [5.41, 5.74) is 0.683. The second-order valence-corrected chi connectivity index (χ2v) is 3.71. The van der Waals surface area contributed by atoms with E-state index in [1.807, 2.05) is 0 Å². The van der Waals surface area contributed by atoms with Gasteiger partial charge in [0.1, 0.15) is 13.2 Å². The molecule has 0 saturated carbocycles. The van der Waals surface area contributed by atoms with Gasteiger partial charge in [0.25, 0.3) is 6.43 Å². The molecule has 0 spiro atoms. The standard InChI is InChI=1S/C12H13F2NO4/c13-10(14)6-15(7-11(16)17)12(18)19-8-9-4-2-1-3-5-9/h1-5,10H,6-8H2,(H,16,17). The van der Waals surface area contributed by atoms with Gasteiger partial charge >= 0.3 is 12.1 Å². The Morgan fingerprint density at radius 2 is 1.89 bits per heavy atom. The smallest absolute Gasteiger partial charge is 0.410 e. The highest BCUT2D eigenvalue weighted by atomic mass is 19.3. The van der Waals surface area contributed by atoms with Crippen LogP contribution in [-0.2, 0) is 16.1 Å². The molecule has 1 amide bonds. The maximum Gasteiger partial charge on any atom is 0.410 e. The molecular formula is C12H13F2NO4. The molecule has 0 aliphatic rings. The van der Waals surface area contributed by atoms with Crippen molar-refractivity contribution in [2.45, 2.75) is 13.0 Å². The third kappa shape index (κ3) is 5.80. The van der Waals surface area contributed by atoms with E-state index >= 15 is 0 Å². The van der Waals surface area contributed by atoms with E-state index in [0.29, 0.717) is 10.5 Å². The summed E-state index contributed by atoms with van der Waals surface area (Å²) >= 11 is 0. The van der Waals surface area contributed by atoms with Gasteiger partial charge in [0.15, 0.2) is 0 Å². The zero-order valence-electron chi connectivity index (χ0n) is 9.96. The fourth-order valence-corrected chi connectivity index (χ4v) is 1.34.